The molecule has 0 spiro atoms. The van der Waals surface area contributed by atoms with Crippen molar-refractivity contribution < 1.29 is 9.53 Å². The second-order valence-electron chi connectivity index (χ2n) is 8.15. The lowest BCUT2D eigenvalue weighted by atomic mass is 9.91. The molecule has 0 saturated carbocycles. The SMILES string of the molecule is COc1ccc2c(c1)CCc1nc(NC(=O)CC(C)C)c(Cc3ccccc3)nc1-2. The third-order valence-electron chi connectivity index (χ3n) is 5.30. The number of hydrogen-bond acceptors (Lipinski definition) is 4. The summed E-state index contributed by atoms with van der Waals surface area (Å²) < 4.78 is 5.38. The van der Waals surface area contributed by atoms with Crippen molar-refractivity contribution in [2.75, 3.05) is 12.4 Å². The van der Waals surface area contributed by atoms with Gasteiger partial charge in [0.25, 0.3) is 0 Å². The minimum atomic E-state index is -0.0190. The van der Waals surface area contributed by atoms with Crippen LogP contribution in [0.2, 0.25) is 0 Å². The van der Waals surface area contributed by atoms with Gasteiger partial charge in [0.05, 0.1) is 24.2 Å². The summed E-state index contributed by atoms with van der Waals surface area (Å²) in [5, 5.41) is 3.02. The van der Waals surface area contributed by atoms with E-state index in [1.54, 1.807) is 7.11 Å². The fraction of sp³-hybridized carbons (Fsp3) is 0.320. The summed E-state index contributed by atoms with van der Waals surface area (Å²) in [6.45, 7) is 4.07. The number of fused-ring (bicyclic) bond motifs is 3. The molecular weight excluding hydrogens is 374 g/mol. The third-order valence-corrected chi connectivity index (χ3v) is 5.30. The molecule has 1 N–H and O–H groups in total. The van der Waals surface area contributed by atoms with Crippen LogP contribution in [0.1, 0.15) is 42.8 Å². The molecule has 1 aromatic heterocycles. The van der Waals surface area contributed by atoms with Crippen molar-refractivity contribution in [1.82, 2.24) is 9.97 Å². The van der Waals surface area contributed by atoms with E-state index in [1.807, 2.05) is 38.1 Å². The van der Waals surface area contributed by atoms with Crippen LogP contribution >= 0.6 is 0 Å². The molecule has 0 saturated heterocycles. The van der Waals surface area contributed by atoms with Gasteiger partial charge in [0.1, 0.15) is 5.75 Å². The number of nitrogens with zero attached hydrogens (tertiary/aromatic N) is 2. The number of amides is 1. The highest BCUT2D eigenvalue weighted by atomic mass is 16.5. The summed E-state index contributed by atoms with van der Waals surface area (Å²) >= 11 is 0. The van der Waals surface area contributed by atoms with Gasteiger partial charge >= 0.3 is 0 Å². The number of aromatic nitrogens is 2. The Morgan fingerprint density at radius 1 is 1.10 bits per heavy atom. The second kappa shape index (κ2) is 8.66. The number of methoxy groups -OCH3 is 1. The number of anilines is 1. The summed E-state index contributed by atoms with van der Waals surface area (Å²) in [5.41, 5.74) is 6.09. The zero-order valence-corrected chi connectivity index (χ0v) is 17.7. The van der Waals surface area contributed by atoms with Gasteiger partial charge in [-0.15, -0.1) is 0 Å². The topological polar surface area (TPSA) is 64.1 Å². The molecule has 5 heteroatoms. The zero-order chi connectivity index (χ0) is 21.1. The van der Waals surface area contributed by atoms with Crippen LogP contribution < -0.4 is 10.1 Å². The molecule has 2 aromatic carbocycles. The van der Waals surface area contributed by atoms with Gasteiger partial charge in [-0.05, 0) is 48.1 Å². The number of aryl methyl sites for hydroxylation is 2. The van der Waals surface area contributed by atoms with Gasteiger partial charge in [-0.2, -0.15) is 0 Å². The van der Waals surface area contributed by atoms with Gasteiger partial charge in [0, 0.05) is 18.4 Å². The predicted octanol–water partition coefficient (Wildman–Crippen LogP) is 4.83. The molecular formula is C25H27N3O2. The fourth-order valence-corrected chi connectivity index (χ4v) is 3.85. The van der Waals surface area contributed by atoms with Gasteiger partial charge < -0.3 is 10.1 Å². The van der Waals surface area contributed by atoms with E-state index in [2.05, 4.69) is 29.6 Å². The highest BCUT2D eigenvalue weighted by molar-refractivity contribution is 5.90. The van der Waals surface area contributed by atoms with Crippen molar-refractivity contribution in [1.29, 1.82) is 0 Å². The van der Waals surface area contributed by atoms with Crippen molar-refractivity contribution in [3.8, 4) is 17.0 Å². The van der Waals surface area contributed by atoms with Gasteiger partial charge in [-0.1, -0.05) is 44.2 Å². The maximum absolute atomic E-state index is 12.5. The Morgan fingerprint density at radius 2 is 1.90 bits per heavy atom. The molecule has 4 rings (SSSR count). The average Bonchev–Trinajstić information content (AvgIpc) is 2.74. The molecule has 0 aliphatic heterocycles. The lowest BCUT2D eigenvalue weighted by Crippen LogP contribution is -2.19. The normalized spacial score (nSPS) is 12.3. The summed E-state index contributed by atoms with van der Waals surface area (Å²) in [5.74, 6) is 1.71. The summed E-state index contributed by atoms with van der Waals surface area (Å²) in [4.78, 5) is 22.4. The average molecular weight is 402 g/mol. The largest absolute Gasteiger partial charge is 0.497 e. The molecule has 5 nitrogen and oxygen atoms in total. The molecule has 1 aliphatic rings. The lowest BCUT2D eigenvalue weighted by molar-refractivity contribution is -0.116. The Kier molecular flexibility index (Phi) is 5.79. The van der Waals surface area contributed by atoms with E-state index in [4.69, 9.17) is 14.7 Å². The zero-order valence-electron chi connectivity index (χ0n) is 17.7. The second-order valence-corrected chi connectivity index (χ2v) is 8.15. The number of nitrogens with one attached hydrogen (secondary N) is 1. The van der Waals surface area contributed by atoms with E-state index < -0.39 is 0 Å². The van der Waals surface area contributed by atoms with E-state index in [0.717, 1.165) is 46.8 Å². The maximum Gasteiger partial charge on any atom is 0.225 e. The molecule has 0 bridgehead atoms. The van der Waals surface area contributed by atoms with Crippen molar-refractivity contribution in [3.05, 3.63) is 71.0 Å². The number of carbonyl (C=O) groups excluding carboxylic acids is 1. The monoisotopic (exact) mass is 401 g/mol. The number of benzene rings is 2. The van der Waals surface area contributed by atoms with Crippen LogP contribution in [-0.2, 0) is 24.1 Å². The molecule has 0 atom stereocenters. The van der Waals surface area contributed by atoms with E-state index in [9.17, 15) is 4.79 Å². The van der Waals surface area contributed by atoms with Gasteiger partial charge in [-0.25, -0.2) is 9.97 Å². The number of rotatable bonds is 6. The highest BCUT2D eigenvalue weighted by Crippen LogP contribution is 2.35. The summed E-state index contributed by atoms with van der Waals surface area (Å²) in [6.07, 6.45) is 2.75. The van der Waals surface area contributed by atoms with Crippen LogP contribution in [0.15, 0.2) is 48.5 Å². The smallest absolute Gasteiger partial charge is 0.225 e. The molecule has 1 amide bonds. The van der Waals surface area contributed by atoms with Crippen LogP contribution in [-0.4, -0.2) is 23.0 Å². The number of hydrogen-bond donors (Lipinski definition) is 1. The standard InChI is InChI=1S/C25H27N3O2/c1-16(2)13-23(29)28-25-22(14-17-7-5-4-6-8-17)26-24-20-11-10-19(30-3)15-18(20)9-12-21(24)27-25/h4-8,10-11,15-16H,9,12-14H2,1-3H3,(H,27,28,29). The third kappa shape index (κ3) is 4.35. The first-order valence-corrected chi connectivity index (χ1v) is 10.4. The molecule has 0 radical (unpaired) electrons. The summed E-state index contributed by atoms with van der Waals surface area (Å²) in [7, 11) is 1.68. The van der Waals surface area contributed by atoms with Crippen molar-refractivity contribution >= 4 is 11.7 Å². The van der Waals surface area contributed by atoms with Crippen LogP contribution in [0.5, 0.6) is 5.75 Å². The summed E-state index contributed by atoms with van der Waals surface area (Å²) in [6, 6.07) is 16.3. The lowest BCUT2D eigenvalue weighted by Gasteiger charge is -2.21. The quantitative estimate of drug-likeness (QED) is 0.643. The molecule has 0 unspecified atom stereocenters. The molecule has 1 heterocycles. The first kappa shape index (κ1) is 20.1. The first-order chi connectivity index (χ1) is 14.5. The highest BCUT2D eigenvalue weighted by Gasteiger charge is 2.23. The first-order valence-electron chi connectivity index (χ1n) is 10.4. The van der Waals surface area contributed by atoms with Gasteiger partial charge in [0.15, 0.2) is 5.82 Å². The molecule has 0 fully saturated rings. The van der Waals surface area contributed by atoms with Crippen molar-refractivity contribution in [2.45, 2.75) is 39.5 Å². The Hall–Kier alpha value is -3.21. The number of carbonyl (C=O) groups is 1. The van der Waals surface area contributed by atoms with E-state index in [1.165, 1.54) is 5.56 Å². The van der Waals surface area contributed by atoms with Gasteiger partial charge in [0.2, 0.25) is 5.91 Å². The van der Waals surface area contributed by atoms with E-state index in [-0.39, 0.29) is 11.8 Å². The molecule has 1 aliphatic carbocycles. The number of ether oxygens (including phenoxy) is 1. The molecule has 3 aromatic rings. The van der Waals surface area contributed by atoms with Crippen molar-refractivity contribution in [2.24, 2.45) is 5.92 Å². The Labute approximate surface area is 177 Å². The molecule has 154 valence electrons. The van der Waals surface area contributed by atoms with Crippen molar-refractivity contribution in [3.63, 3.8) is 0 Å². The Balaban J connectivity index is 1.76. The molecule has 30 heavy (non-hydrogen) atoms. The fourth-order valence-electron chi connectivity index (χ4n) is 3.85. The van der Waals surface area contributed by atoms with E-state index in [0.29, 0.717) is 18.7 Å². The van der Waals surface area contributed by atoms with Crippen LogP contribution in [0.4, 0.5) is 5.82 Å². The van der Waals surface area contributed by atoms with Crippen LogP contribution in [0.25, 0.3) is 11.3 Å². The Morgan fingerprint density at radius 3 is 2.63 bits per heavy atom. The van der Waals surface area contributed by atoms with Crippen LogP contribution in [0, 0.1) is 5.92 Å². The maximum atomic E-state index is 12.5. The van der Waals surface area contributed by atoms with Crippen LogP contribution in [0.3, 0.4) is 0 Å². The predicted molar refractivity (Wildman–Crippen MR) is 119 cm³/mol. The van der Waals surface area contributed by atoms with E-state index >= 15 is 0 Å². The van der Waals surface area contributed by atoms with Gasteiger partial charge in [-0.3, -0.25) is 4.79 Å². The Bertz CT molecular complexity index is 1060. The minimum Gasteiger partial charge on any atom is -0.497 e. The minimum absolute atomic E-state index is 0.0190.